The molecule has 0 unspecified atom stereocenters. The Morgan fingerprint density at radius 3 is 2.78 bits per heavy atom. The maximum absolute atomic E-state index is 12.6. The fourth-order valence-corrected chi connectivity index (χ4v) is 4.86. The van der Waals surface area contributed by atoms with E-state index in [0.717, 1.165) is 9.96 Å². The number of fused-ring (bicyclic) bond motifs is 1. The molecular formula is C19H21N3O3S2. The van der Waals surface area contributed by atoms with Gasteiger partial charge in [0, 0.05) is 11.9 Å². The number of nitrogens with zero attached hydrogens (tertiary/aromatic N) is 2. The number of hydrogen-bond acceptors (Lipinski definition) is 6. The molecule has 0 radical (unpaired) electrons. The fraction of sp³-hybridized carbons (Fsp3) is 0.316. The number of carbonyl (C=O) groups excluding carboxylic acids is 1. The van der Waals surface area contributed by atoms with Crippen molar-refractivity contribution >= 4 is 39.2 Å². The van der Waals surface area contributed by atoms with Crippen LogP contribution in [-0.2, 0) is 10.6 Å². The predicted octanol–water partition coefficient (Wildman–Crippen LogP) is 3.84. The van der Waals surface area contributed by atoms with E-state index in [1.807, 2.05) is 0 Å². The summed E-state index contributed by atoms with van der Waals surface area (Å²) in [5, 5.41) is 1.61. The number of nitrogens with one attached hydrogen (secondary N) is 1. The van der Waals surface area contributed by atoms with Crippen molar-refractivity contribution in [2.24, 2.45) is 0 Å². The molecule has 6 nitrogen and oxygen atoms in total. The number of thiophene rings is 1. The average molecular weight is 404 g/mol. The van der Waals surface area contributed by atoms with Crippen LogP contribution in [0.1, 0.15) is 32.2 Å². The van der Waals surface area contributed by atoms with E-state index < -0.39 is 0 Å². The van der Waals surface area contributed by atoms with Gasteiger partial charge in [0.05, 0.1) is 18.2 Å². The molecule has 0 aliphatic carbocycles. The number of H-pyrrole nitrogens is 1. The van der Waals surface area contributed by atoms with E-state index >= 15 is 0 Å². The summed E-state index contributed by atoms with van der Waals surface area (Å²) in [7, 11) is 2.96. The second-order valence-electron chi connectivity index (χ2n) is 6.29. The van der Waals surface area contributed by atoms with Crippen LogP contribution < -0.4 is 5.56 Å². The summed E-state index contributed by atoms with van der Waals surface area (Å²) in [6, 6.07) is 6.29. The Morgan fingerprint density at radius 2 is 2.07 bits per heavy atom. The zero-order valence-corrected chi connectivity index (χ0v) is 17.5. The second kappa shape index (κ2) is 7.84. The third-order valence-electron chi connectivity index (χ3n) is 4.31. The molecule has 0 fully saturated rings. The predicted molar refractivity (Wildman–Crippen MR) is 110 cm³/mol. The molecule has 27 heavy (non-hydrogen) atoms. The van der Waals surface area contributed by atoms with Gasteiger partial charge in [0.15, 0.2) is 0 Å². The number of benzene rings is 1. The first-order chi connectivity index (χ1) is 12.8. The van der Waals surface area contributed by atoms with Gasteiger partial charge in [-0.05, 0) is 38.0 Å². The molecule has 1 N–H and O–H groups in total. The van der Waals surface area contributed by atoms with Gasteiger partial charge in [-0.15, -0.1) is 23.1 Å². The Labute approximate surface area is 165 Å². The van der Waals surface area contributed by atoms with Gasteiger partial charge < -0.3 is 4.98 Å². The molecule has 0 saturated carbocycles. The number of aromatic nitrogens is 2. The molecule has 2 aromatic heterocycles. The Hall–Kier alpha value is -2.16. The van der Waals surface area contributed by atoms with Crippen molar-refractivity contribution in [3.05, 3.63) is 55.9 Å². The highest BCUT2D eigenvalue weighted by Crippen LogP contribution is 2.30. The summed E-state index contributed by atoms with van der Waals surface area (Å²) in [6.07, 6.45) is 0. The van der Waals surface area contributed by atoms with E-state index in [0.29, 0.717) is 32.2 Å². The highest BCUT2D eigenvalue weighted by atomic mass is 32.2. The molecule has 3 rings (SSSR count). The second-order valence-corrected chi connectivity index (χ2v) is 8.31. The van der Waals surface area contributed by atoms with Gasteiger partial charge in [-0.1, -0.05) is 17.7 Å². The van der Waals surface area contributed by atoms with Crippen molar-refractivity contribution in [2.45, 2.75) is 31.4 Å². The van der Waals surface area contributed by atoms with E-state index in [-0.39, 0.29) is 11.5 Å². The number of amides is 1. The van der Waals surface area contributed by atoms with Crippen molar-refractivity contribution in [3.8, 4) is 0 Å². The van der Waals surface area contributed by atoms with Crippen LogP contribution in [0.3, 0.4) is 0 Å². The summed E-state index contributed by atoms with van der Waals surface area (Å²) < 4.78 is 0. The molecule has 1 amide bonds. The first-order valence-electron chi connectivity index (χ1n) is 8.36. The number of rotatable bonds is 5. The number of aromatic amines is 1. The van der Waals surface area contributed by atoms with Crippen molar-refractivity contribution in [2.75, 3.05) is 14.2 Å². The number of hydroxylamine groups is 2. The first kappa shape index (κ1) is 19.6. The number of thioether (sulfide) groups is 1. The maximum atomic E-state index is 12.6. The van der Waals surface area contributed by atoms with Gasteiger partial charge in [-0.3, -0.25) is 14.4 Å². The minimum absolute atomic E-state index is 0.218. The summed E-state index contributed by atoms with van der Waals surface area (Å²) >= 11 is 2.85. The number of hydrogen-bond donors (Lipinski definition) is 1. The molecule has 0 bridgehead atoms. The lowest BCUT2D eigenvalue weighted by molar-refractivity contribution is -0.0754. The van der Waals surface area contributed by atoms with Crippen LogP contribution in [-0.4, -0.2) is 35.1 Å². The van der Waals surface area contributed by atoms with E-state index in [2.05, 4.69) is 42.0 Å². The van der Waals surface area contributed by atoms with Crippen LogP contribution in [0.4, 0.5) is 0 Å². The van der Waals surface area contributed by atoms with Crippen molar-refractivity contribution in [1.29, 1.82) is 0 Å². The Morgan fingerprint density at radius 1 is 1.33 bits per heavy atom. The smallest absolute Gasteiger partial charge is 0.287 e. The Bertz CT molecular complexity index is 1070. The van der Waals surface area contributed by atoms with Gasteiger partial charge in [-0.2, -0.15) is 0 Å². The zero-order valence-electron chi connectivity index (χ0n) is 15.9. The minimum Gasteiger partial charge on any atom is -0.309 e. The molecule has 8 heteroatoms. The summed E-state index contributed by atoms with van der Waals surface area (Å²) in [6.45, 7) is 5.88. The number of carbonyl (C=O) groups is 1. The van der Waals surface area contributed by atoms with Gasteiger partial charge in [-0.25, -0.2) is 10.0 Å². The molecule has 0 saturated heterocycles. The van der Waals surface area contributed by atoms with E-state index in [1.165, 1.54) is 36.6 Å². The lowest BCUT2D eigenvalue weighted by Crippen LogP contribution is -2.25. The van der Waals surface area contributed by atoms with Gasteiger partial charge in [0.1, 0.15) is 15.5 Å². The fourth-order valence-electron chi connectivity index (χ4n) is 2.70. The molecule has 0 spiro atoms. The first-order valence-corrected chi connectivity index (χ1v) is 10.2. The van der Waals surface area contributed by atoms with E-state index in [9.17, 15) is 9.59 Å². The molecule has 142 valence electrons. The summed E-state index contributed by atoms with van der Waals surface area (Å²) in [5.41, 5.74) is 2.80. The number of aryl methyl sites for hydroxylation is 3. The normalized spacial score (nSPS) is 11.1. The standard InChI is InChI=1S/C19H21N3O3S2/c1-10-6-7-11(2)13(8-10)26-9-14-20-17(23)15-12(3)16(27-18(15)21-14)19(24)22(4)25-5/h6-8H,9H2,1-5H3,(H,20,21,23). The molecule has 0 aliphatic heterocycles. The summed E-state index contributed by atoms with van der Waals surface area (Å²) in [5.74, 6) is 0.857. The van der Waals surface area contributed by atoms with Gasteiger partial charge in [0.25, 0.3) is 11.5 Å². The molecule has 2 heterocycles. The molecular weight excluding hydrogens is 382 g/mol. The van der Waals surface area contributed by atoms with E-state index in [4.69, 9.17) is 4.84 Å². The quantitative estimate of drug-likeness (QED) is 0.517. The molecule has 0 atom stereocenters. The lowest BCUT2D eigenvalue weighted by Gasteiger charge is -2.12. The lowest BCUT2D eigenvalue weighted by atomic mass is 10.2. The van der Waals surface area contributed by atoms with Crippen molar-refractivity contribution < 1.29 is 9.63 Å². The highest BCUT2D eigenvalue weighted by Gasteiger charge is 2.22. The van der Waals surface area contributed by atoms with Gasteiger partial charge >= 0.3 is 0 Å². The Balaban J connectivity index is 1.93. The zero-order chi connectivity index (χ0) is 19.7. The monoisotopic (exact) mass is 403 g/mol. The van der Waals surface area contributed by atoms with Crippen LogP contribution in [0, 0.1) is 20.8 Å². The largest absolute Gasteiger partial charge is 0.309 e. The molecule has 0 aliphatic rings. The van der Waals surface area contributed by atoms with Crippen LogP contribution in [0.15, 0.2) is 27.9 Å². The van der Waals surface area contributed by atoms with Crippen molar-refractivity contribution in [3.63, 3.8) is 0 Å². The van der Waals surface area contributed by atoms with Crippen LogP contribution in [0.25, 0.3) is 10.2 Å². The minimum atomic E-state index is -0.288. The average Bonchev–Trinajstić information content (AvgIpc) is 2.98. The third kappa shape index (κ3) is 3.92. The van der Waals surface area contributed by atoms with Crippen LogP contribution in [0.2, 0.25) is 0 Å². The molecule has 3 aromatic rings. The third-order valence-corrected chi connectivity index (χ3v) is 6.65. The van der Waals surface area contributed by atoms with Crippen LogP contribution >= 0.6 is 23.1 Å². The molecule has 1 aromatic carbocycles. The van der Waals surface area contributed by atoms with E-state index in [1.54, 1.807) is 18.7 Å². The van der Waals surface area contributed by atoms with Crippen molar-refractivity contribution in [1.82, 2.24) is 15.0 Å². The Kier molecular flexibility index (Phi) is 5.69. The maximum Gasteiger partial charge on any atom is 0.287 e. The van der Waals surface area contributed by atoms with Crippen LogP contribution in [0.5, 0.6) is 0 Å². The van der Waals surface area contributed by atoms with Gasteiger partial charge in [0.2, 0.25) is 0 Å². The topological polar surface area (TPSA) is 75.3 Å². The SMILES string of the molecule is CON(C)C(=O)c1sc2nc(CSc3cc(C)ccc3C)[nH]c(=O)c2c1C. The summed E-state index contributed by atoms with van der Waals surface area (Å²) in [4.78, 5) is 39.6. The highest BCUT2D eigenvalue weighted by molar-refractivity contribution is 7.98.